The molecule has 1 unspecified atom stereocenters. The van der Waals surface area contributed by atoms with Crippen molar-refractivity contribution >= 4 is 23.3 Å². The highest BCUT2D eigenvalue weighted by Crippen LogP contribution is 2.33. The minimum atomic E-state index is -0.479. The molecule has 4 rings (SSSR count). The summed E-state index contributed by atoms with van der Waals surface area (Å²) in [6.07, 6.45) is 1.46. The van der Waals surface area contributed by atoms with E-state index in [1.165, 1.54) is 0 Å². The van der Waals surface area contributed by atoms with E-state index in [4.69, 9.17) is 20.2 Å². The molecule has 1 aliphatic heterocycles. The van der Waals surface area contributed by atoms with Crippen molar-refractivity contribution in [1.82, 2.24) is 0 Å². The third-order valence-corrected chi connectivity index (χ3v) is 5.42. The second kappa shape index (κ2) is 11.1. The topological polar surface area (TPSA) is 103 Å². The average molecular weight is 468 g/mol. The first-order chi connectivity index (χ1) is 17.1. The Kier molecular flexibility index (Phi) is 7.53. The van der Waals surface area contributed by atoms with E-state index in [0.717, 1.165) is 34.4 Å². The smallest absolute Gasteiger partial charge is 0.343 e. The summed E-state index contributed by atoms with van der Waals surface area (Å²) in [5, 5.41) is 3.42. The van der Waals surface area contributed by atoms with Crippen LogP contribution in [0.5, 0.6) is 0 Å². The Labute approximate surface area is 203 Å². The van der Waals surface area contributed by atoms with E-state index in [1.54, 1.807) is 24.3 Å². The van der Waals surface area contributed by atoms with Crippen LogP contribution in [0.2, 0.25) is 0 Å². The first kappa shape index (κ1) is 23.7. The molecule has 0 amide bonds. The number of rotatable bonds is 9. The van der Waals surface area contributed by atoms with E-state index < -0.39 is 5.97 Å². The molecule has 0 aliphatic carbocycles. The number of nitrogens with zero attached hydrogens (tertiary/aromatic N) is 1. The van der Waals surface area contributed by atoms with E-state index >= 15 is 0 Å². The summed E-state index contributed by atoms with van der Waals surface area (Å²) in [5.74, 6) is -0.850. The Morgan fingerprint density at radius 3 is 2.40 bits per heavy atom. The Hall–Kier alpha value is -4.45. The molecule has 0 spiro atoms. The zero-order valence-electron chi connectivity index (χ0n) is 19.1. The van der Waals surface area contributed by atoms with Crippen LogP contribution in [0.25, 0.3) is 0 Å². The second-order valence-electron chi connectivity index (χ2n) is 7.77. The summed E-state index contributed by atoms with van der Waals surface area (Å²) < 4.78 is 10.1. The standard InChI is InChI=1S/C28H25N3O4/c1-2-17-34-27(32)20-10-8-19(9-11-20)25-23-6-3-4-7-24(23)26(31-25)30-22-14-12-21(13-15-22)28(33)35-18-5-16-29/h3-4,6-15,17,26,30H,1,5,16,18,29H2. The SMILES string of the molecule is C=C=COC(=O)c1ccc(C2=NC(Nc3ccc(C(=O)OCCCN)cc3)c3ccccc32)cc1. The Morgan fingerprint density at radius 1 is 1.00 bits per heavy atom. The molecule has 7 heteroatoms. The number of carbonyl (C=O) groups excluding carboxylic acids is 2. The Bertz CT molecular complexity index is 1290. The van der Waals surface area contributed by atoms with Crippen LogP contribution in [0.15, 0.2) is 96.4 Å². The number of esters is 2. The molecular weight excluding hydrogens is 442 g/mol. The lowest BCUT2D eigenvalue weighted by atomic mass is 9.98. The quantitative estimate of drug-likeness (QED) is 0.206. The van der Waals surface area contributed by atoms with Crippen molar-refractivity contribution in [2.24, 2.45) is 10.7 Å². The van der Waals surface area contributed by atoms with Crippen LogP contribution in [0.3, 0.4) is 0 Å². The number of fused-ring (bicyclic) bond motifs is 1. The molecule has 1 atom stereocenters. The van der Waals surface area contributed by atoms with Crippen LogP contribution in [-0.2, 0) is 9.47 Å². The normalized spacial score (nSPS) is 13.7. The van der Waals surface area contributed by atoms with Crippen LogP contribution in [0.1, 0.15) is 50.0 Å². The maximum atomic E-state index is 12.1. The van der Waals surface area contributed by atoms with Crippen molar-refractivity contribution in [3.63, 3.8) is 0 Å². The number of anilines is 1. The molecule has 1 aliphatic rings. The third kappa shape index (κ3) is 5.55. The molecule has 0 bridgehead atoms. The molecule has 1 heterocycles. The summed E-state index contributed by atoms with van der Waals surface area (Å²) in [6.45, 7) is 4.16. The lowest BCUT2D eigenvalue weighted by Crippen LogP contribution is -2.10. The predicted molar refractivity (Wildman–Crippen MR) is 134 cm³/mol. The van der Waals surface area contributed by atoms with E-state index in [1.807, 2.05) is 48.5 Å². The van der Waals surface area contributed by atoms with Gasteiger partial charge in [-0.25, -0.2) is 9.59 Å². The minimum absolute atomic E-state index is 0.300. The molecule has 0 aromatic heterocycles. The number of ether oxygens (including phenoxy) is 2. The Morgan fingerprint density at radius 2 is 1.69 bits per heavy atom. The van der Waals surface area contributed by atoms with Gasteiger partial charge in [-0.2, -0.15) is 0 Å². The number of hydrogen-bond acceptors (Lipinski definition) is 7. The van der Waals surface area contributed by atoms with Crippen molar-refractivity contribution in [1.29, 1.82) is 0 Å². The molecule has 0 fully saturated rings. The zero-order chi connectivity index (χ0) is 24.6. The molecule has 0 saturated heterocycles. The summed E-state index contributed by atoms with van der Waals surface area (Å²) in [5.41, 5.74) is 13.3. The van der Waals surface area contributed by atoms with Crippen molar-refractivity contribution in [3.8, 4) is 0 Å². The highest BCUT2D eigenvalue weighted by molar-refractivity contribution is 6.15. The average Bonchev–Trinajstić information content (AvgIpc) is 3.26. The molecule has 3 aromatic carbocycles. The highest BCUT2D eigenvalue weighted by Gasteiger charge is 2.25. The van der Waals surface area contributed by atoms with E-state index in [0.29, 0.717) is 30.7 Å². The van der Waals surface area contributed by atoms with Crippen molar-refractivity contribution in [2.75, 3.05) is 18.5 Å². The van der Waals surface area contributed by atoms with E-state index in [9.17, 15) is 9.59 Å². The van der Waals surface area contributed by atoms with Gasteiger partial charge in [0.05, 0.1) is 23.4 Å². The van der Waals surface area contributed by atoms with Gasteiger partial charge in [-0.05, 0) is 49.4 Å². The monoisotopic (exact) mass is 467 g/mol. The van der Waals surface area contributed by atoms with Crippen LogP contribution < -0.4 is 11.1 Å². The van der Waals surface area contributed by atoms with Crippen molar-refractivity contribution in [2.45, 2.75) is 12.6 Å². The number of benzene rings is 3. The molecule has 35 heavy (non-hydrogen) atoms. The van der Waals surface area contributed by atoms with Gasteiger partial charge in [0, 0.05) is 22.4 Å². The molecule has 176 valence electrons. The fraction of sp³-hybridized carbons (Fsp3) is 0.143. The molecule has 7 nitrogen and oxygen atoms in total. The van der Waals surface area contributed by atoms with Crippen molar-refractivity contribution in [3.05, 3.63) is 119 Å². The van der Waals surface area contributed by atoms with E-state index in [-0.39, 0.29) is 12.1 Å². The number of aliphatic imine (C=N–C) groups is 1. The Balaban J connectivity index is 1.51. The van der Waals surface area contributed by atoms with Gasteiger partial charge in [0.15, 0.2) is 0 Å². The van der Waals surface area contributed by atoms with E-state index in [2.05, 4.69) is 17.6 Å². The number of nitrogens with two attached hydrogens (primary N) is 1. The summed E-state index contributed by atoms with van der Waals surface area (Å²) in [7, 11) is 0. The first-order valence-corrected chi connectivity index (χ1v) is 11.2. The van der Waals surface area contributed by atoms with Gasteiger partial charge in [0.25, 0.3) is 0 Å². The summed E-state index contributed by atoms with van der Waals surface area (Å²) in [4.78, 5) is 29.1. The van der Waals surface area contributed by atoms with Crippen molar-refractivity contribution < 1.29 is 19.1 Å². The molecular formula is C28H25N3O4. The third-order valence-electron chi connectivity index (χ3n) is 5.42. The van der Waals surface area contributed by atoms with Crippen LogP contribution in [0, 0.1) is 0 Å². The molecule has 3 aromatic rings. The lowest BCUT2D eigenvalue weighted by molar-refractivity contribution is 0.0502. The highest BCUT2D eigenvalue weighted by atomic mass is 16.5. The fourth-order valence-electron chi connectivity index (χ4n) is 3.68. The lowest BCUT2D eigenvalue weighted by Gasteiger charge is -2.13. The van der Waals surface area contributed by atoms with Gasteiger partial charge in [0.2, 0.25) is 0 Å². The predicted octanol–water partition coefficient (Wildman–Crippen LogP) is 4.61. The first-order valence-electron chi connectivity index (χ1n) is 11.2. The number of carbonyl (C=O) groups is 2. The van der Waals surface area contributed by atoms with Gasteiger partial charge in [0.1, 0.15) is 12.4 Å². The molecule has 3 N–H and O–H groups in total. The maximum absolute atomic E-state index is 12.1. The largest absolute Gasteiger partial charge is 0.462 e. The van der Waals surface area contributed by atoms with Gasteiger partial charge in [-0.1, -0.05) is 48.7 Å². The van der Waals surface area contributed by atoms with Crippen LogP contribution >= 0.6 is 0 Å². The number of nitrogens with one attached hydrogen (secondary N) is 1. The number of hydrogen-bond donors (Lipinski definition) is 2. The fourth-order valence-corrected chi connectivity index (χ4v) is 3.68. The van der Waals surface area contributed by atoms with Gasteiger partial charge >= 0.3 is 11.9 Å². The molecule has 0 saturated carbocycles. The minimum Gasteiger partial charge on any atom is -0.462 e. The van der Waals surface area contributed by atoms with Gasteiger partial charge in [-0.3, -0.25) is 4.99 Å². The maximum Gasteiger partial charge on any atom is 0.343 e. The van der Waals surface area contributed by atoms with Gasteiger partial charge in [-0.15, -0.1) is 0 Å². The van der Waals surface area contributed by atoms with Gasteiger partial charge < -0.3 is 20.5 Å². The second-order valence-corrected chi connectivity index (χ2v) is 7.77. The zero-order valence-corrected chi connectivity index (χ0v) is 19.1. The summed E-state index contributed by atoms with van der Waals surface area (Å²) >= 11 is 0. The van der Waals surface area contributed by atoms with Crippen LogP contribution in [-0.4, -0.2) is 30.8 Å². The molecule has 0 radical (unpaired) electrons. The summed E-state index contributed by atoms with van der Waals surface area (Å²) in [6, 6.07) is 22.2. The van der Waals surface area contributed by atoms with Crippen LogP contribution in [0.4, 0.5) is 5.69 Å².